The van der Waals surface area contributed by atoms with E-state index in [4.69, 9.17) is 4.74 Å². The van der Waals surface area contributed by atoms with Gasteiger partial charge >= 0.3 is 6.09 Å². The highest BCUT2D eigenvalue weighted by Crippen LogP contribution is 2.24. The van der Waals surface area contributed by atoms with Crippen LogP contribution in [0.15, 0.2) is 6.20 Å². The third-order valence-electron chi connectivity index (χ3n) is 3.06. The number of carbonyl (C=O) groups excluding carboxylic acids is 2. The summed E-state index contributed by atoms with van der Waals surface area (Å²) in [5.41, 5.74) is -0.655. The molecule has 0 bridgehead atoms. The van der Waals surface area contributed by atoms with Gasteiger partial charge in [-0.1, -0.05) is 0 Å². The quantitative estimate of drug-likeness (QED) is 0.863. The van der Waals surface area contributed by atoms with E-state index in [9.17, 15) is 14.7 Å². The molecule has 1 aliphatic heterocycles. The maximum atomic E-state index is 12.3. The molecular weight excluding hydrogens is 306 g/mol. The van der Waals surface area contributed by atoms with Gasteiger partial charge in [0, 0.05) is 17.5 Å². The van der Waals surface area contributed by atoms with E-state index in [-0.39, 0.29) is 18.9 Å². The zero-order chi connectivity index (χ0) is 16.5. The van der Waals surface area contributed by atoms with Crippen LogP contribution in [-0.2, 0) is 9.53 Å². The molecule has 0 aliphatic carbocycles. The van der Waals surface area contributed by atoms with Gasteiger partial charge < -0.3 is 15.2 Å². The zero-order valence-corrected chi connectivity index (χ0v) is 13.9. The van der Waals surface area contributed by atoms with Crippen LogP contribution in [0, 0.1) is 6.92 Å². The van der Waals surface area contributed by atoms with Crippen LogP contribution in [0.4, 0.5) is 9.93 Å². The van der Waals surface area contributed by atoms with Crippen molar-refractivity contribution in [3.63, 3.8) is 0 Å². The largest absolute Gasteiger partial charge is 0.444 e. The highest BCUT2D eigenvalue weighted by molar-refractivity contribution is 7.15. The SMILES string of the molecule is Cc1cnc(NC(=O)[C@@H]2C[C@H](O)CN2C(=O)OC(C)(C)C)s1. The van der Waals surface area contributed by atoms with E-state index in [2.05, 4.69) is 10.3 Å². The summed E-state index contributed by atoms with van der Waals surface area (Å²) >= 11 is 1.36. The lowest BCUT2D eigenvalue weighted by atomic mass is 10.2. The Balaban J connectivity index is 2.06. The van der Waals surface area contributed by atoms with Gasteiger partial charge in [0.05, 0.1) is 12.6 Å². The maximum Gasteiger partial charge on any atom is 0.411 e. The van der Waals surface area contributed by atoms with Gasteiger partial charge in [-0.3, -0.25) is 9.69 Å². The summed E-state index contributed by atoms with van der Waals surface area (Å²) < 4.78 is 5.29. The van der Waals surface area contributed by atoms with Crippen molar-refractivity contribution in [2.75, 3.05) is 11.9 Å². The van der Waals surface area contributed by atoms with Crippen molar-refractivity contribution in [2.45, 2.75) is 51.9 Å². The lowest BCUT2D eigenvalue weighted by Crippen LogP contribution is -2.45. The van der Waals surface area contributed by atoms with Crippen LogP contribution in [0.3, 0.4) is 0 Å². The average molecular weight is 327 g/mol. The minimum Gasteiger partial charge on any atom is -0.444 e. The summed E-state index contributed by atoms with van der Waals surface area (Å²) in [4.78, 5) is 30.8. The molecule has 8 heteroatoms. The summed E-state index contributed by atoms with van der Waals surface area (Å²) in [6.07, 6.45) is 0.519. The number of hydrogen-bond donors (Lipinski definition) is 2. The molecule has 22 heavy (non-hydrogen) atoms. The van der Waals surface area contributed by atoms with Crippen molar-refractivity contribution in [3.05, 3.63) is 11.1 Å². The average Bonchev–Trinajstić information content (AvgIpc) is 2.93. The van der Waals surface area contributed by atoms with Gasteiger partial charge in [0.2, 0.25) is 5.91 Å². The molecule has 2 rings (SSSR count). The van der Waals surface area contributed by atoms with Crippen LogP contribution in [-0.4, -0.2) is 51.3 Å². The Kier molecular flexibility index (Phi) is 4.72. The van der Waals surface area contributed by atoms with Gasteiger partial charge in [0.15, 0.2) is 5.13 Å². The molecule has 7 nitrogen and oxygen atoms in total. The molecule has 1 aliphatic rings. The Bertz CT molecular complexity index is 567. The predicted octanol–water partition coefficient (Wildman–Crippen LogP) is 1.76. The Hall–Kier alpha value is -1.67. The van der Waals surface area contributed by atoms with Crippen molar-refractivity contribution >= 4 is 28.5 Å². The number of amides is 2. The molecule has 2 N–H and O–H groups in total. The molecule has 2 amide bonds. The van der Waals surface area contributed by atoms with Crippen LogP contribution in [0.1, 0.15) is 32.1 Å². The topological polar surface area (TPSA) is 91.8 Å². The first-order valence-electron chi connectivity index (χ1n) is 7.06. The van der Waals surface area contributed by atoms with Crippen LogP contribution in [0.25, 0.3) is 0 Å². The van der Waals surface area contributed by atoms with E-state index >= 15 is 0 Å². The molecule has 1 aromatic rings. The third-order valence-corrected chi connectivity index (χ3v) is 3.89. The number of carbonyl (C=O) groups is 2. The van der Waals surface area contributed by atoms with Gasteiger partial charge in [-0.25, -0.2) is 9.78 Å². The standard InChI is InChI=1S/C14H21N3O4S/c1-8-6-15-12(22-8)16-11(19)10-5-9(18)7-17(10)13(20)21-14(2,3)4/h6,9-10,18H,5,7H2,1-4H3,(H,15,16,19)/t9-,10-/m0/s1. The van der Waals surface area contributed by atoms with Crippen LogP contribution >= 0.6 is 11.3 Å². The van der Waals surface area contributed by atoms with E-state index in [0.29, 0.717) is 5.13 Å². The normalized spacial score (nSPS) is 21.8. The number of nitrogens with one attached hydrogen (secondary N) is 1. The number of anilines is 1. The van der Waals surface area contributed by atoms with Gasteiger partial charge in [-0.15, -0.1) is 11.3 Å². The number of nitrogens with zero attached hydrogens (tertiary/aromatic N) is 2. The number of aryl methyl sites for hydroxylation is 1. The van der Waals surface area contributed by atoms with E-state index in [0.717, 1.165) is 4.88 Å². The first-order valence-corrected chi connectivity index (χ1v) is 7.88. The van der Waals surface area contributed by atoms with Crippen molar-refractivity contribution in [1.29, 1.82) is 0 Å². The Morgan fingerprint density at radius 3 is 2.73 bits per heavy atom. The number of ether oxygens (including phenoxy) is 1. The van der Waals surface area contributed by atoms with Crippen molar-refractivity contribution in [3.8, 4) is 0 Å². The summed E-state index contributed by atoms with van der Waals surface area (Å²) in [5.74, 6) is -0.364. The molecule has 1 fully saturated rings. The highest BCUT2D eigenvalue weighted by Gasteiger charge is 2.41. The van der Waals surface area contributed by atoms with Crippen LogP contribution in [0.2, 0.25) is 0 Å². The molecule has 1 aromatic heterocycles. The number of likely N-dealkylation sites (tertiary alicyclic amines) is 1. The Morgan fingerprint density at radius 1 is 1.50 bits per heavy atom. The second kappa shape index (κ2) is 6.21. The number of aromatic nitrogens is 1. The molecular formula is C14H21N3O4S. The number of hydrogen-bond acceptors (Lipinski definition) is 6. The second-order valence-corrected chi connectivity index (χ2v) is 7.54. The number of aliphatic hydroxyl groups excluding tert-OH is 1. The predicted molar refractivity (Wildman–Crippen MR) is 82.8 cm³/mol. The summed E-state index contributed by atoms with van der Waals surface area (Å²) in [6, 6.07) is -0.756. The van der Waals surface area contributed by atoms with Crippen molar-refractivity contribution in [1.82, 2.24) is 9.88 Å². The molecule has 2 heterocycles. The molecule has 0 aromatic carbocycles. The summed E-state index contributed by atoms with van der Waals surface area (Å²) in [6.45, 7) is 7.24. The third kappa shape index (κ3) is 4.17. The van der Waals surface area contributed by atoms with E-state index in [1.54, 1.807) is 27.0 Å². The van der Waals surface area contributed by atoms with Gasteiger partial charge in [0.1, 0.15) is 11.6 Å². The smallest absolute Gasteiger partial charge is 0.411 e. The Morgan fingerprint density at radius 2 is 2.18 bits per heavy atom. The molecule has 122 valence electrons. The number of β-amino-alcohol motifs (C(OH)–C–C–N with tert-alkyl or cyclic N) is 1. The van der Waals surface area contributed by atoms with Gasteiger partial charge in [0.25, 0.3) is 0 Å². The van der Waals surface area contributed by atoms with Gasteiger partial charge in [-0.05, 0) is 27.7 Å². The molecule has 0 spiro atoms. The summed E-state index contributed by atoms with van der Waals surface area (Å²) in [5, 5.41) is 13.0. The molecule has 1 saturated heterocycles. The number of rotatable bonds is 2. The van der Waals surface area contributed by atoms with E-state index < -0.39 is 23.8 Å². The fraction of sp³-hybridized carbons (Fsp3) is 0.643. The fourth-order valence-electron chi connectivity index (χ4n) is 2.19. The minimum absolute atomic E-state index is 0.0872. The number of aliphatic hydroxyl groups is 1. The van der Waals surface area contributed by atoms with Crippen LogP contribution in [0.5, 0.6) is 0 Å². The molecule has 2 atom stereocenters. The summed E-state index contributed by atoms with van der Waals surface area (Å²) in [7, 11) is 0. The lowest BCUT2D eigenvalue weighted by molar-refractivity contribution is -0.120. The molecule has 0 radical (unpaired) electrons. The number of thiazole rings is 1. The zero-order valence-electron chi connectivity index (χ0n) is 13.1. The maximum absolute atomic E-state index is 12.3. The lowest BCUT2D eigenvalue weighted by Gasteiger charge is -2.27. The molecule has 0 saturated carbocycles. The fourth-order valence-corrected chi connectivity index (χ4v) is 2.85. The van der Waals surface area contributed by atoms with Crippen LogP contribution < -0.4 is 5.32 Å². The monoisotopic (exact) mass is 327 g/mol. The first-order chi connectivity index (χ1) is 10.2. The van der Waals surface area contributed by atoms with E-state index in [1.807, 2.05) is 6.92 Å². The molecule has 0 unspecified atom stereocenters. The van der Waals surface area contributed by atoms with Gasteiger partial charge in [-0.2, -0.15) is 0 Å². The Labute approximate surface area is 133 Å². The second-order valence-electron chi connectivity index (χ2n) is 6.30. The van der Waals surface area contributed by atoms with Crippen molar-refractivity contribution in [2.24, 2.45) is 0 Å². The van der Waals surface area contributed by atoms with Crippen molar-refractivity contribution < 1.29 is 19.4 Å². The first kappa shape index (κ1) is 16.7. The minimum atomic E-state index is -0.756. The van der Waals surface area contributed by atoms with E-state index in [1.165, 1.54) is 16.2 Å². The highest BCUT2D eigenvalue weighted by atomic mass is 32.1.